The van der Waals surface area contributed by atoms with E-state index in [0.29, 0.717) is 28.0 Å². The third-order valence-corrected chi connectivity index (χ3v) is 4.91. The van der Waals surface area contributed by atoms with Gasteiger partial charge in [0.15, 0.2) is 6.61 Å². The van der Waals surface area contributed by atoms with Crippen LogP contribution in [0.5, 0.6) is 17.2 Å². The molecule has 162 valence electrons. The minimum Gasteiger partial charge on any atom is -0.482 e. The van der Waals surface area contributed by atoms with Crippen molar-refractivity contribution in [1.29, 1.82) is 0 Å². The summed E-state index contributed by atoms with van der Waals surface area (Å²) in [7, 11) is 0. The Kier molecular flexibility index (Phi) is 5.91. The smallest absolute Gasteiger partial charge is 0.271 e. The molecule has 0 aliphatic carbocycles. The first-order chi connectivity index (χ1) is 15.4. The second kappa shape index (κ2) is 8.94. The summed E-state index contributed by atoms with van der Waals surface area (Å²) in [5.74, 6) is 0.378. The summed E-state index contributed by atoms with van der Waals surface area (Å²) in [6, 6.07) is 17.6. The molecule has 3 aromatic carbocycles. The average Bonchev–Trinajstić information content (AvgIpc) is 2.78. The van der Waals surface area contributed by atoms with Crippen LogP contribution >= 0.6 is 11.6 Å². The Morgan fingerprint density at radius 1 is 1.16 bits per heavy atom. The number of carbonyl (C=O) groups is 2. The molecule has 0 saturated carbocycles. The molecule has 32 heavy (non-hydrogen) atoms. The molecule has 0 atom stereocenters. The lowest BCUT2D eigenvalue weighted by Crippen LogP contribution is -2.43. The highest BCUT2D eigenvalue weighted by Crippen LogP contribution is 2.35. The number of nitrogens with zero attached hydrogens (tertiary/aromatic N) is 2. The standard InChI is InChI=1S/C22H16ClN3O6/c23-17-3-1-2-4-19(17)32-16-8-5-14(6-9-16)24-21(27)12-25-18-11-15(26(29)30)7-10-20(18)31-13-22(25)28/h1-11H,12-13H2,(H,24,27). The highest BCUT2D eigenvalue weighted by molar-refractivity contribution is 6.32. The number of anilines is 2. The lowest BCUT2D eigenvalue weighted by molar-refractivity contribution is -0.384. The molecule has 1 heterocycles. The number of para-hydroxylation sites is 1. The average molecular weight is 454 g/mol. The number of rotatable bonds is 6. The van der Waals surface area contributed by atoms with Gasteiger partial charge < -0.3 is 14.8 Å². The van der Waals surface area contributed by atoms with Crippen molar-refractivity contribution in [1.82, 2.24) is 0 Å². The molecule has 0 unspecified atom stereocenters. The highest BCUT2D eigenvalue weighted by Gasteiger charge is 2.29. The quantitative estimate of drug-likeness (QED) is 0.437. The molecule has 0 aromatic heterocycles. The van der Waals surface area contributed by atoms with Crippen LogP contribution in [0.4, 0.5) is 17.1 Å². The fraction of sp³-hybridized carbons (Fsp3) is 0.0909. The molecule has 1 N–H and O–H groups in total. The molecule has 0 spiro atoms. The topological polar surface area (TPSA) is 111 Å². The molecular formula is C22H16ClN3O6. The number of nitro groups is 1. The fourth-order valence-corrected chi connectivity index (χ4v) is 3.26. The maximum atomic E-state index is 12.5. The zero-order valence-corrected chi connectivity index (χ0v) is 17.2. The second-order valence-electron chi connectivity index (χ2n) is 6.78. The predicted molar refractivity (Wildman–Crippen MR) is 118 cm³/mol. The van der Waals surface area contributed by atoms with Crippen molar-refractivity contribution in [2.75, 3.05) is 23.4 Å². The lowest BCUT2D eigenvalue weighted by Gasteiger charge is -2.28. The van der Waals surface area contributed by atoms with Gasteiger partial charge >= 0.3 is 0 Å². The Morgan fingerprint density at radius 2 is 1.91 bits per heavy atom. The van der Waals surface area contributed by atoms with Crippen molar-refractivity contribution in [3.8, 4) is 17.2 Å². The molecule has 0 saturated heterocycles. The van der Waals surface area contributed by atoms with Crippen molar-refractivity contribution in [2.24, 2.45) is 0 Å². The van der Waals surface area contributed by atoms with Gasteiger partial charge in [-0.05, 0) is 42.5 Å². The van der Waals surface area contributed by atoms with Crippen molar-refractivity contribution in [2.45, 2.75) is 0 Å². The first-order valence-electron chi connectivity index (χ1n) is 9.44. The minimum absolute atomic E-state index is 0.175. The summed E-state index contributed by atoms with van der Waals surface area (Å²) in [6.07, 6.45) is 0. The number of benzene rings is 3. The normalized spacial score (nSPS) is 12.5. The van der Waals surface area contributed by atoms with Crippen molar-refractivity contribution in [3.05, 3.63) is 81.9 Å². The van der Waals surface area contributed by atoms with E-state index >= 15 is 0 Å². The first kappa shape index (κ1) is 21.1. The Labute approximate surface area is 187 Å². The van der Waals surface area contributed by atoms with Crippen LogP contribution in [0.2, 0.25) is 5.02 Å². The van der Waals surface area contributed by atoms with Crippen LogP contribution in [0.25, 0.3) is 0 Å². The van der Waals surface area contributed by atoms with Crippen LogP contribution in [-0.4, -0.2) is 29.9 Å². The van der Waals surface area contributed by atoms with Gasteiger partial charge in [0.2, 0.25) is 5.91 Å². The summed E-state index contributed by atoms with van der Waals surface area (Å²) >= 11 is 6.08. The van der Waals surface area contributed by atoms with Crippen molar-refractivity contribution in [3.63, 3.8) is 0 Å². The van der Waals surface area contributed by atoms with E-state index in [1.807, 2.05) is 0 Å². The largest absolute Gasteiger partial charge is 0.482 e. The van der Waals surface area contributed by atoms with E-state index in [1.165, 1.54) is 18.2 Å². The van der Waals surface area contributed by atoms with E-state index in [-0.39, 0.29) is 24.5 Å². The molecular weight excluding hydrogens is 438 g/mol. The van der Waals surface area contributed by atoms with Crippen molar-refractivity contribution >= 4 is 40.5 Å². The molecule has 0 fully saturated rings. The van der Waals surface area contributed by atoms with E-state index in [9.17, 15) is 19.7 Å². The maximum Gasteiger partial charge on any atom is 0.271 e. The van der Waals surface area contributed by atoms with Crippen LogP contribution in [0, 0.1) is 10.1 Å². The van der Waals surface area contributed by atoms with Gasteiger partial charge in [-0.3, -0.25) is 24.6 Å². The molecule has 3 aromatic rings. The molecule has 1 aliphatic rings. The van der Waals surface area contributed by atoms with Crippen LogP contribution in [0.15, 0.2) is 66.7 Å². The van der Waals surface area contributed by atoms with Gasteiger partial charge in [0.25, 0.3) is 11.6 Å². The summed E-state index contributed by atoms with van der Waals surface area (Å²) in [4.78, 5) is 36.5. The number of nitrogens with one attached hydrogen (secondary N) is 1. The SMILES string of the molecule is O=C(CN1C(=O)COc2ccc([N+](=O)[O-])cc21)Nc1ccc(Oc2ccccc2Cl)cc1. The zero-order valence-electron chi connectivity index (χ0n) is 16.5. The number of hydrogen-bond acceptors (Lipinski definition) is 6. The van der Waals surface area contributed by atoms with Crippen LogP contribution < -0.4 is 19.7 Å². The van der Waals surface area contributed by atoms with E-state index < -0.39 is 16.7 Å². The van der Waals surface area contributed by atoms with Gasteiger partial charge in [-0.25, -0.2) is 0 Å². The summed E-state index contributed by atoms with van der Waals surface area (Å²) in [5.41, 5.74) is 0.456. The summed E-state index contributed by atoms with van der Waals surface area (Å²) in [6.45, 7) is -0.583. The van der Waals surface area contributed by atoms with Crippen LogP contribution in [0.3, 0.4) is 0 Å². The molecule has 0 radical (unpaired) electrons. The lowest BCUT2D eigenvalue weighted by atomic mass is 10.2. The predicted octanol–water partition coefficient (Wildman–Crippen LogP) is 4.40. The monoisotopic (exact) mass is 453 g/mol. The number of carbonyl (C=O) groups excluding carboxylic acids is 2. The zero-order chi connectivity index (χ0) is 22.7. The van der Waals surface area contributed by atoms with Gasteiger partial charge in [0, 0.05) is 17.8 Å². The minimum atomic E-state index is -0.580. The first-order valence-corrected chi connectivity index (χ1v) is 9.82. The molecule has 2 amide bonds. The molecule has 10 heteroatoms. The summed E-state index contributed by atoms with van der Waals surface area (Å²) in [5, 5.41) is 14.2. The maximum absolute atomic E-state index is 12.5. The Bertz CT molecular complexity index is 1200. The van der Waals surface area contributed by atoms with Gasteiger partial charge in [0.05, 0.1) is 15.6 Å². The molecule has 0 bridgehead atoms. The van der Waals surface area contributed by atoms with Gasteiger partial charge in [-0.2, -0.15) is 0 Å². The summed E-state index contributed by atoms with van der Waals surface area (Å²) < 4.78 is 11.0. The van der Waals surface area contributed by atoms with Gasteiger partial charge in [-0.1, -0.05) is 23.7 Å². The Morgan fingerprint density at radius 3 is 2.62 bits per heavy atom. The van der Waals surface area contributed by atoms with Crippen LogP contribution in [0.1, 0.15) is 0 Å². The van der Waals surface area contributed by atoms with E-state index in [1.54, 1.807) is 48.5 Å². The number of fused-ring (bicyclic) bond motifs is 1. The second-order valence-corrected chi connectivity index (χ2v) is 7.19. The van der Waals surface area contributed by atoms with Gasteiger partial charge in [0.1, 0.15) is 23.8 Å². The third-order valence-electron chi connectivity index (χ3n) is 4.60. The number of nitro benzene ring substituents is 1. The Hall–Kier alpha value is -4.11. The van der Waals surface area contributed by atoms with Crippen LogP contribution in [-0.2, 0) is 9.59 Å². The highest BCUT2D eigenvalue weighted by atomic mass is 35.5. The number of ether oxygens (including phenoxy) is 2. The van der Waals surface area contributed by atoms with Crippen molar-refractivity contribution < 1.29 is 24.0 Å². The molecule has 9 nitrogen and oxygen atoms in total. The number of non-ortho nitro benzene ring substituents is 1. The Balaban J connectivity index is 1.44. The number of amides is 2. The van der Waals surface area contributed by atoms with Gasteiger partial charge in [-0.15, -0.1) is 0 Å². The molecule has 1 aliphatic heterocycles. The fourth-order valence-electron chi connectivity index (χ4n) is 3.08. The molecule has 4 rings (SSSR count). The number of halogens is 1. The third kappa shape index (κ3) is 4.62. The van der Waals surface area contributed by atoms with E-state index in [0.717, 1.165) is 4.90 Å². The number of hydrogen-bond donors (Lipinski definition) is 1. The van der Waals surface area contributed by atoms with E-state index in [2.05, 4.69) is 5.32 Å². The van der Waals surface area contributed by atoms with E-state index in [4.69, 9.17) is 21.1 Å².